The summed E-state index contributed by atoms with van der Waals surface area (Å²) in [5.41, 5.74) is 1.23. The molecule has 6 nitrogen and oxygen atoms in total. The van der Waals surface area contributed by atoms with Crippen LogP contribution in [-0.2, 0) is 18.4 Å². The molecule has 0 unspecified atom stereocenters. The van der Waals surface area contributed by atoms with Gasteiger partial charge in [-0.2, -0.15) is 0 Å². The Morgan fingerprint density at radius 3 is 2.59 bits per heavy atom. The third-order valence-corrected chi connectivity index (χ3v) is 4.33. The summed E-state index contributed by atoms with van der Waals surface area (Å²) in [4.78, 5) is 16.4. The summed E-state index contributed by atoms with van der Waals surface area (Å²) < 4.78 is 14.9. The highest BCUT2D eigenvalue weighted by atomic mass is 127. The highest BCUT2D eigenvalue weighted by Crippen LogP contribution is 2.25. The minimum absolute atomic E-state index is 0. The molecule has 0 aliphatic carbocycles. The number of amides is 1. The van der Waals surface area contributed by atoms with Crippen molar-refractivity contribution in [2.45, 2.75) is 13.5 Å². The van der Waals surface area contributed by atoms with Crippen LogP contribution in [-0.4, -0.2) is 29.5 Å². The van der Waals surface area contributed by atoms with E-state index in [1.165, 1.54) is 18.2 Å². The van der Waals surface area contributed by atoms with Crippen LogP contribution >= 0.6 is 47.2 Å². The second-order valence-corrected chi connectivity index (χ2v) is 6.21. The van der Waals surface area contributed by atoms with Crippen molar-refractivity contribution >= 4 is 64.7 Å². The smallest absolute Gasteiger partial charge is 0.243 e. The molecule has 0 bridgehead atoms. The Kier molecular flexibility index (Phi) is 9.89. The molecule has 2 aromatic rings. The number of rotatable bonds is 6. The third kappa shape index (κ3) is 7.19. The van der Waals surface area contributed by atoms with Gasteiger partial charge in [-0.1, -0.05) is 29.3 Å². The molecule has 0 atom stereocenters. The number of carbonyl (C=O) groups excluding carboxylic acids is 1. The van der Waals surface area contributed by atoms with Crippen LogP contribution in [0.25, 0.3) is 0 Å². The lowest BCUT2D eigenvalue weighted by atomic mass is 10.3. The maximum Gasteiger partial charge on any atom is 0.243 e. The lowest BCUT2D eigenvalue weighted by Crippen LogP contribution is -2.41. The second kappa shape index (κ2) is 11.4. The van der Waals surface area contributed by atoms with E-state index in [1.807, 2.05) is 6.92 Å². The molecular formula is C17H21Cl2FIN5O. The van der Waals surface area contributed by atoms with E-state index < -0.39 is 5.82 Å². The maximum absolute atomic E-state index is 13.1. The summed E-state index contributed by atoms with van der Waals surface area (Å²) in [5.74, 6) is -0.257. The number of benzene rings is 1. The fraction of sp³-hybridized carbons (Fsp3) is 0.294. The first-order valence-electron chi connectivity index (χ1n) is 7.98. The molecule has 27 heavy (non-hydrogen) atoms. The maximum atomic E-state index is 13.1. The van der Waals surface area contributed by atoms with E-state index in [0.29, 0.717) is 34.9 Å². The number of halogens is 4. The standard InChI is InChI=1S/C17H20Cl2FN5O.HI/c1-3-21-17(22-9-13-8-14(18)16(19)25(13)2)23-10-15(26)24-12-6-4-5-11(20)7-12;/h4-8H,3,9-10H2,1-2H3,(H,24,26)(H2,21,22,23);1H. The van der Waals surface area contributed by atoms with Gasteiger partial charge >= 0.3 is 0 Å². The Morgan fingerprint density at radius 1 is 1.26 bits per heavy atom. The van der Waals surface area contributed by atoms with Gasteiger partial charge < -0.3 is 20.5 Å². The van der Waals surface area contributed by atoms with E-state index in [4.69, 9.17) is 23.2 Å². The molecule has 0 spiro atoms. The summed E-state index contributed by atoms with van der Waals surface area (Å²) in [5, 5.41) is 9.49. The van der Waals surface area contributed by atoms with Gasteiger partial charge in [-0.05, 0) is 31.2 Å². The normalized spacial score (nSPS) is 10.9. The van der Waals surface area contributed by atoms with Crippen LogP contribution in [0.4, 0.5) is 10.1 Å². The molecule has 1 heterocycles. The molecule has 0 saturated heterocycles. The van der Waals surface area contributed by atoms with Crippen LogP contribution in [0.5, 0.6) is 0 Å². The SMILES string of the molecule is CCNC(=NCc1cc(Cl)c(Cl)n1C)NCC(=O)Nc1cccc(F)c1.I. The van der Waals surface area contributed by atoms with Gasteiger partial charge in [-0.25, -0.2) is 9.38 Å². The van der Waals surface area contributed by atoms with E-state index in [9.17, 15) is 9.18 Å². The van der Waals surface area contributed by atoms with Gasteiger partial charge in [-0.15, -0.1) is 24.0 Å². The number of carbonyl (C=O) groups is 1. The molecule has 0 aliphatic heterocycles. The molecule has 3 N–H and O–H groups in total. The van der Waals surface area contributed by atoms with Crippen LogP contribution in [0.2, 0.25) is 10.2 Å². The molecule has 2 rings (SSSR count). The molecule has 1 amide bonds. The second-order valence-electron chi connectivity index (χ2n) is 5.44. The first-order valence-corrected chi connectivity index (χ1v) is 8.73. The van der Waals surface area contributed by atoms with Crippen molar-refractivity contribution < 1.29 is 9.18 Å². The van der Waals surface area contributed by atoms with Crippen LogP contribution in [0, 0.1) is 5.82 Å². The third-order valence-electron chi connectivity index (χ3n) is 3.48. The molecule has 1 aromatic heterocycles. The molecule has 0 aliphatic rings. The zero-order chi connectivity index (χ0) is 19.1. The Labute approximate surface area is 184 Å². The fourth-order valence-corrected chi connectivity index (χ4v) is 2.59. The van der Waals surface area contributed by atoms with Crippen LogP contribution < -0.4 is 16.0 Å². The van der Waals surface area contributed by atoms with Crippen molar-refractivity contribution in [2.75, 3.05) is 18.4 Å². The zero-order valence-corrected chi connectivity index (χ0v) is 18.7. The predicted octanol–water partition coefficient (Wildman–Crippen LogP) is 3.78. The number of aromatic nitrogens is 1. The zero-order valence-electron chi connectivity index (χ0n) is 14.9. The van der Waals surface area contributed by atoms with Gasteiger partial charge in [0, 0.05) is 25.0 Å². The van der Waals surface area contributed by atoms with Crippen molar-refractivity contribution in [3.63, 3.8) is 0 Å². The minimum Gasteiger partial charge on any atom is -0.357 e. The highest BCUT2D eigenvalue weighted by Gasteiger charge is 2.09. The lowest BCUT2D eigenvalue weighted by molar-refractivity contribution is -0.115. The quantitative estimate of drug-likeness (QED) is 0.304. The van der Waals surface area contributed by atoms with Crippen molar-refractivity contribution in [2.24, 2.45) is 12.0 Å². The number of nitrogens with one attached hydrogen (secondary N) is 3. The van der Waals surface area contributed by atoms with E-state index >= 15 is 0 Å². The Morgan fingerprint density at radius 2 is 2.00 bits per heavy atom. The van der Waals surface area contributed by atoms with E-state index in [-0.39, 0.29) is 36.4 Å². The highest BCUT2D eigenvalue weighted by molar-refractivity contribution is 14.0. The summed E-state index contributed by atoms with van der Waals surface area (Å²) in [7, 11) is 1.80. The number of hydrogen-bond acceptors (Lipinski definition) is 2. The number of anilines is 1. The summed E-state index contributed by atoms with van der Waals surface area (Å²) in [6.45, 7) is 2.87. The van der Waals surface area contributed by atoms with Crippen LogP contribution in [0.15, 0.2) is 35.3 Å². The molecule has 1 aromatic carbocycles. The number of aliphatic imine (C=N–C) groups is 1. The van der Waals surface area contributed by atoms with Gasteiger partial charge in [0.15, 0.2) is 5.96 Å². The van der Waals surface area contributed by atoms with Crippen LogP contribution in [0.1, 0.15) is 12.6 Å². The van der Waals surface area contributed by atoms with Crippen molar-refractivity contribution in [1.82, 2.24) is 15.2 Å². The number of guanidine groups is 1. The van der Waals surface area contributed by atoms with Gasteiger partial charge in [-0.3, -0.25) is 4.79 Å². The van der Waals surface area contributed by atoms with Crippen LogP contribution in [0.3, 0.4) is 0 Å². The van der Waals surface area contributed by atoms with Crippen molar-refractivity contribution in [3.8, 4) is 0 Å². The van der Waals surface area contributed by atoms with E-state index in [1.54, 1.807) is 23.7 Å². The first-order chi connectivity index (χ1) is 12.4. The predicted molar refractivity (Wildman–Crippen MR) is 119 cm³/mol. The average Bonchev–Trinajstić information content (AvgIpc) is 2.84. The molecular weight excluding hydrogens is 507 g/mol. The average molecular weight is 528 g/mol. The van der Waals surface area contributed by atoms with Gasteiger partial charge in [0.05, 0.1) is 18.1 Å². The van der Waals surface area contributed by atoms with Gasteiger partial charge in [0.2, 0.25) is 5.91 Å². The monoisotopic (exact) mass is 527 g/mol. The van der Waals surface area contributed by atoms with E-state index in [2.05, 4.69) is 20.9 Å². The van der Waals surface area contributed by atoms with Gasteiger partial charge in [0.1, 0.15) is 11.0 Å². The topological polar surface area (TPSA) is 70.5 Å². The Balaban J connectivity index is 0.00000364. The number of nitrogens with zero attached hydrogens (tertiary/aromatic N) is 2. The van der Waals surface area contributed by atoms with Crippen molar-refractivity contribution in [3.05, 3.63) is 52.0 Å². The molecule has 0 fully saturated rings. The Hall–Kier alpha value is -1.52. The fourth-order valence-electron chi connectivity index (χ4n) is 2.18. The molecule has 0 radical (unpaired) electrons. The van der Waals surface area contributed by atoms with Gasteiger partial charge in [0.25, 0.3) is 0 Å². The van der Waals surface area contributed by atoms with E-state index in [0.717, 1.165) is 5.69 Å². The minimum atomic E-state index is -0.412. The molecule has 148 valence electrons. The summed E-state index contributed by atoms with van der Waals surface area (Å²) in [6.07, 6.45) is 0. The number of hydrogen-bond donors (Lipinski definition) is 3. The molecule has 0 saturated carbocycles. The summed E-state index contributed by atoms with van der Waals surface area (Å²) >= 11 is 12.0. The first kappa shape index (κ1) is 23.5. The lowest BCUT2D eigenvalue weighted by Gasteiger charge is -2.12. The Bertz CT molecular complexity index is 813. The molecule has 10 heteroatoms. The van der Waals surface area contributed by atoms with Crippen molar-refractivity contribution in [1.29, 1.82) is 0 Å². The largest absolute Gasteiger partial charge is 0.357 e. The summed E-state index contributed by atoms with van der Waals surface area (Å²) in [6, 6.07) is 7.45.